The van der Waals surface area contributed by atoms with Crippen LogP contribution in [-0.2, 0) is 11.2 Å². The van der Waals surface area contributed by atoms with Crippen molar-refractivity contribution in [2.45, 2.75) is 32.7 Å². The Bertz CT molecular complexity index is 873. The Morgan fingerprint density at radius 3 is 2.90 bits per heavy atom. The van der Waals surface area contributed by atoms with Crippen molar-refractivity contribution in [3.63, 3.8) is 0 Å². The molecule has 3 amide bonds. The van der Waals surface area contributed by atoms with E-state index < -0.39 is 0 Å². The molecule has 0 radical (unpaired) electrons. The molecule has 1 N–H and O–H groups in total. The summed E-state index contributed by atoms with van der Waals surface area (Å²) in [5.41, 5.74) is 1.06. The lowest BCUT2D eigenvalue weighted by atomic mass is 10.0. The lowest BCUT2D eigenvalue weighted by Gasteiger charge is -2.37. The van der Waals surface area contributed by atoms with Gasteiger partial charge in [0.1, 0.15) is 24.7 Å². The fourth-order valence-electron chi connectivity index (χ4n) is 3.53. The number of likely N-dealkylation sites (N-methyl/N-ethyl adjacent to an activating group) is 1. The Hall–Kier alpha value is -2.61. The quantitative estimate of drug-likeness (QED) is 0.688. The fraction of sp³-hybridized carbons (Fsp3) is 0.455. The van der Waals surface area contributed by atoms with Crippen LogP contribution in [0.3, 0.4) is 0 Å². The average molecular weight is 434 g/mol. The van der Waals surface area contributed by atoms with Gasteiger partial charge < -0.3 is 19.9 Å². The van der Waals surface area contributed by atoms with Crippen LogP contribution in [0.2, 0.25) is 0 Å². The fourth-order valence-corrected chi connectivity index (χ4v) is 4.46. The third-order valence-corrected chi connectivity index (χ3v) is 6.14. The molecular weight excluding hydrogens is 405 g/mol. The van der Waals surface area contributed by atoms with Crippen molar-refractivity contribution in [2.24, 2.45) is 0 Å². The molecule has 1 atom stereocenters. The minimum atomic E-state index is -0.364. The van der Waals surface area contributed by atoms with Gasteiger partial charge in [-0.1, -0.05) is 13.0 Å². The number of carbonyl (C=O) groups is 2. The third kappa shape index (κ3) is 5.30. The molecule has 6 nitrogen and oxygen atoms in total. The molecule has 0 spiro atoms. The van der Waals surface area contributed by atoms with Gasteiger partial charge in [-0.05, 0) is 48.9 Å². The van der Waals surface area contributed by atoms with Crippen LogP contribution in [0.4, 0.5) is 9.18 Å². The van der Waals surface area contributed by atoms with Gasteiger partial charge in [0, 0.05) is 30.6 Å². The molecular formula is C22H28FN3O3S. The summed E-state index contributed by atoms with van der Waals surface area (Å²) in [6.07, 6.45) is 1.62. The van der Waals surface area contributed by atoms with E-state index in [4.69, 9.17) is 4.74 Å². The molecule has 0 saturated heterocycles. The molecule has 8 heteroatoms. The number of halogens is 1. The number of nitrogens with one attached hydrogen (secondary N) is 1. The van der Waals surface area contributed by atoms with Crippen molar-refractivity contribution in [2.75, 3.05) is 32.8 Å². The van der Waals surface area contributed by atoms with Gasteiger partial charge >= 0.3 is 6.03 Å². The second-order valence-corrected chi connectivity index (χ2v) is 8.17. The first-order chi connectivity index (χ1) is 14.5. The smallest absolute Gasteiger partial charge is 0.317 e. The SMILES string of the molecule is CCCNC(=O)N(CC)CC(=O)N1CCc2sccc2[C@@H]1COc1cccc(F)c1. The molecule has 162 valence electrons. The highest BCUT2D eigenvalue weighted by molar-refractivity contribution is 7.10. The average Bonchev–Trinajstić information content (AvgIpc) is 3.23. The van der Waals surface area contributed by atoms with E-state index in [9.17, 15) is 14.0 Å². The second-order valence-electron chi connectivity index (χ2n) is 7.17. The van der Waals surface area contributed by atoms with E-state index in [2.05, 4.69) is 5.32 Å². The number of benzene rings is 1. The number of fused-ring (bicyclic) bond motifs is 1. The number of thiophene rings is 1. The topological polar surface area (TPSA) is 61.9 Å². The van der Waals surface area contributed by atoms with Crippen LogP contribution in [0.25, 0.3) is 0 Å². The maximum absolute atomic E-state index is 13.5. The zero-order chi connectivity index (χ0) is 21.5. The number of nitrogens with zero attached hydrogens (tertiary/aromatic N) is 2. The Labute approximate surface area is 180 Å². The van der Waals surface area contributed by atoms with E-state index in [1.165, 1.54) is 21.9 Å². The summed E-state index contributed by atoms with van der Waals surface area (Å²) in [7, 11) is 0. The van der Waals surface area contributed by atoms with Gasteiger partial charge in [-0.2, -0.15) is 0 Å². The van der Waals surface area contributed by atoms with E-state index in [1.807, 2.05) is 25.3 Å². The standard InChI is InChI=1S/C22H28FN3O3S/c1-3-10-24-22(28)25(4-2)14-21(27)26-11-8-20-18(9-12-30-20)19(26)15-29-17-7-5-6-16(23)13-17/h5-7,9,12-13,19H,3-4,8,10-11,14-15H2,1-2H3,(H,24,28)/t19-/m0/s1. The van der Waals surface area contributed by atoms with Crippen LogP contribution in [0.15, 0.2) is 35.7 Å². The zero-order valence-electron chi connectivity index (χ0n) is 17.4. The molecule has 1 aromatic heterocycles. The van der Waals surface area contributed by atoms with Crippen molar-refractivity contribution in [3.05, 3.63) is 52.0 Å². The number of hydrogen-bond acceptors (Lipinski definition) is 4. The van der Waals surface area contributed by atoms with Crippen LogP contribution in [0.5, 0.6) is 5.75 Å². The molecule has 0 bridgehead atoms. The summed E-state index contributed by atoms with van der Waals surface area (Å²) in [6, 6.07) is 7.51. The predicted octanol–water partition coefficient (Wildman–Crippen LogP) is 3.83. The monoisotopic (exact) mass is 433 g/mol. The lowest BCUT2D eigenvalue weighted by molar-refractivity contribution is -0.135. The minimum Gasteiger partial charge on any atom is -0.491 e. The van der Waals surface area contributed by atoms with E-state index in [1.54, 1.807) is 28.4 Å². The van der Waals surface area contributed by atoms with Crippen molar-refractivity contribution < 1.29 is 18.7 Å². The molecule has 0 aliphatic carbocycles. The van der Waals surface area contributed by atoms with Crippen LogP contribution in [0, 0.1) is 5.82 Å². The Kier molecular flexibility index (Phi) is 7.68. The number of urea groups is 1. The number of hydrogen-bond donors (Lipinski definition) is 1. The lowest BCUT2D eigenvalue weighted by Crippen LogP contribution is -2.49. The maximum atomic E-state index is 13.5. The number of ether oxygens (including phenoxy) is 1. The van der Waals surface area contributed by atoms with Gasteiger partial charge in [0.15, 0.2) is 0 Å². The van der Waals surface area contributed by atoms with Gasteiger partial charge in [-0.15, -0.1) is 11.3 Å². The summed E-state index contributed by atoms with van der Waals surface area (Å²) in [4.78, 5) is 30.0. The highest BCUT2D eigenvalue weighted by Crippen LogP contribution is 2.34. The van der Waals surface area contributed by atoms with Gasteiger partial charge in [0.2, 0.25) is 5.91 Å². The van der Waals surface area contributed by atoms with E-state index >= 15 is 0 Å². The Balaban J connectivity index is 1.72. The molecule has 1 aliphatic heterocycles. The molecule has 2 aromatic rings. The maximum Gasteiger partial charge on any atom is 0.317 e. The van der Waals surface area contributed by atoms with Gasteiger partial charge in [0.25, 0.3) is 0 Å². The highest BCUT2D eigenvalue weighted by atomic mass is 32.1. The van der Waals surface area contributed by atoms with Crippen molar-refractivity contribution in [1.29, 1.82) is 0 Å². The number of rotatable bonds is 8. The molecule has 30 heavy (non-hydrogen) atoms. The molecule has 2 heterocycles. The van der Waals surface area contributed by atoms with Crippen LogP contribution in [-0.4, -0.2) is 54.5 Å². The second kappa shape index (κ2) is 10.4. The first-order valence-electron chi connectivity index (χ1n) is 10.3. The van der Waals surface area contributed by atoms with E-state index in [-0.39, 0.29) is 36.9 Å². The van der Waals surface area contributed by atoms with E-state index in [0.717, 1.165) is 18.4 Å². The van der Waals surface area contributed by atoms with E-state index in [0.29, 0.717) is 25.4 Å². The zero-order valence-corrected chi connectivity index (χ0v) is 18.2. The van der Waals surface area contributed by atoms with Gasteiger partial charge in [-0.25, -0.2) is 9.18 Å². The summed E-state index contributed by atoms with van der Waals surface area (Å²) in [6.45, 7) is 5.68. The highest BCUT2D eigenvalue weighted by Gasteiger charge is 2.33. The van der Waals surface area contributed by atoms with Crippen LogP contribution >= 0.6 is 11.3 Å². The van der Waals surface area contributed by atoms with Crippen LogP contribution in [0.1, 0.15) is 36.8 Å². The Morgan fingerprint density at radius 1 is 1.33 bits per heavy atom. The summed E-state index contributed by atoms with van der Waals surface area (Å²) >= 11 is 1.67. The number of amides is 3. The molecule has 0 fully saturated rings. The molecule has 0 unspecified atom stereocenters. The van der Waals surface area contributed by atoms with Crippen LogP contribution < -0.4 is 10.1 Å². The van der Waals surface area contributed by atoms with Crippen molar-refractivity contribution >= 4 is 23.3 Å². The summed E-state index contributed by atoms with van der Waals surface area (Å²) in [5, 5.41) is 4.84. The molecule has 1 aliphatic rings. The van der Waals surface area contributed by atoms with Crippen molar-refractivity contribution in [1.82, 2.24) is 15.1 Å². The first-order valence-corrected chi connectivity index (χ1v) is 11.2. The first kappa shape index (κ1) is 22.1. The molecule has 3 rings (SSSR count). The third-order valence-electron chi connectivity index (χ3n) is 5.14. The predicted molar refractivity (Wildman–Crippen MR) is 115 cm³/mol. The van der Waals surface area contributed by atoms with Gasteiger partial charge in [-0.3, -0.25) is 4.79 Å². The normalized spacial score (nSPS) is 15.4. The minimum absolute atomic E-state index is 0.0159. The van der Waals surface area contributed by atoms with Crippen molar-refractivity contribution in [3.8, 4) is 5.75 Å². The molecule has 1 aromatic carbocycles. The largest absolute Gasteiger partial charge is 0.491 e. The number of carbonyl (C=O) groups excluding carboxylic acids is 2. The summed E-state index contributed by atoms with van der Waals surface area (Å²) < 4.78 is 19.3. The Morgan fingerprint density at radius 2 is 2.17 bits per heavy atom. The van der Waals surface area contributed by atoms with Gasteiger partial charge in [0.05, 0.1) is 6.04 Å². The summed E-state index contributed by atoms with van der Waals surface area (Å²) in [5.74, 6) is -0.0518. The molecule has 0 saturated carbocycles.